The van der Waals surface area contributed by atoms with Crippen LogP contribution in [0, 0.1) is 0 Å². The molecule has 0 bridgehead atoms. The van der Waals surface area contributed by atoms with Gasteiger partial charge in [-0.3, -0.25) is 0 Å². The molecule has 0 N–H and O–H groups in total. The van der Waals surface area contributed by atoms with Crippen molar-refractivity contribution in [2.24, 2.45) is 0 Å². The number of hydrogen-bond donors (Lipinski definition) is 0. The zero-order valence-electron chi connectivity index (χ0n) is 4.98. The Morgan fingerprint density at radius 2 is 1.29 bits per heavy atom. The van der Waals surface area contributed by atoms with Crippen LogP contribution in [0.1, 0.15) is 25.7 Å². The normalized spacial score (nSPS) is 18.3. The van der Waals surface area contributed by atoms with E-state index in [0.29, 0.717) is 0 Å². The molecular weight excluding hydrogens is 111 g/mol. The van der Waals surface area contributed by atoms with Crippen LogP contribution in [0.2, 0.25) is 0 Å². The van der Waals surface area contributed by atoms with Gasteiger partial charge in [0.2, 0.25) is 0 Å². The zero-order chi connectivity index (χ0) is 4.24. The van der Waals surface area contributed by atoms with Gasteiger partial charge in [0.1, 0.15) is 0 Å². The van der Waals surface area contributed by atoms with Crippen LogP contribution < -0.4 is 0 Å². The van der Waals surface area contributed by atoms with Crippen molar-refractivity contribution in [3.05, 3.63) is 12.2 Å². The zero-order valence-corrected chi connectivity index (χ0v) is 8.11. The van der Waals surface area contributed by atoms with Crippen LogP contribution in [0.25, 0.3) is 0 Å². The van der Waals surface area contributed by atoms with Crippen molar-refractivity contribution < 1.29 is 0 Å². The first kappa shape index (κ1) is 8.38. The van der Waals surface area contributed by atoms with E-state index in [0.717, 1.165) is 0 Å². The van der Waals surface area contributed by atoms with Crippen molar-refractivity contribution in [1.29, 1.82) is 0 Å². The number of hydrogen-bond acceptors (Lipinski definition) is 0. The van der Waals surface area contributed by atoms with Gasteiger partial charge in [0.25, 0.3) is 0 Å². The molecule has 0 heterocycles. The molecule has 35 valence electrons. The van der Waals surface area contributed by atoms with Crippen molar-refractivity contribution in [2.75, 3.05) is 0 Å². The molecule has 0 saturated carbocycles. The maximum Gasteiger partial charge on any atom is 0 e. The van der Waals surface area contributed by atoms with Gasteiger partial charge in [-0.05, 0) is 25.7 Å². The summed E-state index contributed by atoms with van der Waals surface area (Å²) in [4.78, 5) is 0. The molecule has 1 radical (unpaired) electrons. The van der Waals surface area contributed by atoms with Crippen LogP contribution in [0.15, 0.2) is 12.2 Å². The van der Waals surface area contributed by atoms with Gasteiger partial charge in [0.15, 0.2) is 0 Å². The standard InChI is InChI=1S/C6H10.K/c1-2-4-6-5-3-1;/h1-2H,3-6H2;. The molecule has 1 rings (SSSR count). The molecule has 0 amide bonds. The Hall–Kier alpha value is 1.38. The molecule has 0 spiro atoms. The van der Waals surface area contributed by atoms with Crippen molar-refractivity contribution in [2.45, 2.75) is 25.7 Å². The van der Waals surface area contributed by atoms with E-state index >= 15 is 0 Å². The van der Waals surface area contributed by atoms with Gasteiger partial charge in [-0.15, -0.1) is 0 Å². The predicted octanol–water partition coefficient (Wildman–Crippen LogP) is 1.74. The summed E-state index contributed by atoms with van der Waals surface area (Å²) in [6, 6.07) is 0. The first-order valence-electron chi connectivity index (χ1n) is 2.65. The second-order valence-corrected chi connectivity index (χ2v) is 1.76. The van der Waals surface area contributed by atoms with Crippen molar-refractivity contribution >= 4 is 51.4 Å². The number of rotatable bonds is 0. The van der Waals surface area contributed by atoms with E-state index in [4.69, 9.17) is 0 Å². The summed E-state index contributed by atoms with van der Waals surface area (Å²) >= 11 is 0. The monoisotopic (exact) mass is 121 g/mol. The third-order valence-electron chi connectivity index (χ3n) is 1.16. The molecule has 0 atom stereocenters. The van der Waals surface area contributed by atoms with Crippen LogP contribution in [0.3, 0.4) is 0 Å². The van der Waals surface area contributed by atoms with Crippen LogP contribution >= 0.6 is 0 Å². The van der Waals surface area contributed by atoms with Crippen LogP contribution in [0.5, 0.6) is 0 Å². The SMILES string of the molecule is C1=CCCCC1.[K]. The molecule has 0 aliphatic heterocycles. The van der Waals surface area contributed by atoms with E-state index in [1.807, 2.05) is 0 Å². The minimum atomic E-state index is 0. The van der Waals surface area contributed by atoms with Crippen molar-refractivity contribution in [1.82, 2.24) is 0 Å². The molecule has 1 aliphatic rings. The summed E-state index contributed by atoms with van der Waals surface area (Å²) < 4.78 is 0. The van der Waals surface area contributed by atoms with Crippen LogP contribution in [-0.4, -0.2) is 51.4 Å². The van der Waals surface area contributed by atoms with Gasteiger partial charge < -0.3 is 0 Å². The van der Waals surface area contributed by atoms with E-state index < -0.39 is 0 Å². The predicted molar refractivity (Wildman–Crippen MR) is 33.4 cm³/mol. The fraction of sp³-hybridized carbons (Fsp3) is 0.667. The molecule has 0 saturated heterocycles. The van der Waals surface area contributed by atoms with E-state index in [1.165, 1.54) is 25.7 Å². The summed E-state index contributed by atoms with van der Waals surface area (Å²) in [7, 11) is 0. The Bertz CT molecular complexity index is 49.2. The molecule has 0 fully saturated rings. The summed E-state index contributed by atoms with van der Waals surface area (Å²) in [6.07, 6.45) is 10.0. The quantitative estimate of drug-likeness (QED) is 0.338. The molecule has 7 heavy (non-hydrogen) atoms. The molecule has 1 heteroatoms. The Labute approximate surface area is 87.8 Å². The Balaban J connectivity index is 0.000000360. The molecule has 1 aliphatic carbocycles. The molecule has 0 aromatic heterocycles. The van der Waals surface area contributed by atoms with E-state index in [1.54, 1.807) is 0 Å². The first-order chi connectivity index (χ1) is 3.00. The Morgan fingerprint density at radius 3 is 1.43 bits per heavy atom. The largest absolute Gasteiger partial charge is 0.0885 e. The summed E-state index contributed by atoms with van der Waals surface area (Å²) in [5.41, 5.74) is 0. The second kappa shape index (κ2) is 5.51. The van der Waals surface area contributed by atoms with Gasteiger partial charge in [0.05, 0.1) is 0 Å². The van der Waals surface area contributed by atoms with Gasteiger partial charge in [-0.25, -0.2) is 0 Å². The van der Waals surface area contributed by atoms with E-state index in [-0.39, 0.29) is 51.4 Å². The van der Waals surface area contributed by atoms with Gasteiger partial charge >= 0.3 is 0 Å². The van der Waals surface area contributed by atoms with Gasteiger partial charge in [0, 0.05) is 51.4 Å². The van der Waals surface area contributed by atoms with E-state index in [9.17, 15) is 0 Å². The third kappa shape index (κ3) is 3.92. The molecular formula is C6H10K. The second-order valence-electron chi connectivity index (χ2n) is 1.76. The summed E-state index contributed by atoms with van der Waals surface area (Å²) in [6.45, 7) is 0. The Kier molecular flexibility index (Phi) is 6.60. The smallest absolute Gasteiger partial charge is 0 e. The fourth-order valence-corrected chi connectivity index (χ4v) is 0.760. The summed E-state index contributed by atoms with van der Waals surface area (Å²) in [5, 5.41) is 0. The Morgan fingerprint density at radius 1 is 0.857 bits per heavy atom. The average Bonchev–Trinajstić information content (AvgIpc) is 1.72. The number of allylic oxidation sites excluding steroid dienone is 2. The van der Waals surface area contributed by atoms with Crippen molar-refractivity contribution in [3.63, 3.8) is 0 Å². The molecule has 0 aromatic carbocycles. The summed E-state index contributed by atoms with van der Waals surface area (Å²) in [5.74, 6) is 0. The molecule has 0 nitrogen and oxygen atoms in total. The van der Waals surface area contributed by atoms with Gasteiger partial charge in [-0.1, -0.05) is 12.2 Å². The first-order valence-corrected chi connectivity index (χ1v) is 2.65. The van der Waals surface area contributed by atoms with E-state index in [2.05, 4.69) is 12.2 Å². The molecule has 0 unspecified atom stereocenters. The van der Waals surface area contributed by atoms with Gasteiger partial charge in [-0.2, -0.15) is 0 Å². The minimum absolute atomic E-state index is 0. The third-order valence-corrected chi connectivity index (χ3v) is 1.16. The fourth-order valence-electron chi connectivity index (χ4n) is 0.760. The average molecular weight is 121 g/mol. The minimum Gasteiger partial charge on any atom is -0.0885 e. The maximum absolute atomic E-state index is 2.27. The molecule has 0 aromatic rings. The van der Waals surface area contributed by atoms with Crippen LogP contribution in [0.4, 0.5) is 0 Å². The topological polar surface area (TPSA) is 0 Å². The van der Waals surface area contributed by atoms with Crippen LogP contribution in [-0.2, 0) is 0 Å². The van der Waals surface area contributed by atoms with Crippen molar-refractivity contribution in [3.8, 4) is 0 Å². The maximum atomic E-state index is 2.27.